The normalized spacial score (nSPS) is 13.5. The molecule has 0 aliphatic rings. The number of hydrogen-bond donors (Lipinski definition) is 2. The van der Waals surface area contributed by atoms with Crippen LogP contribution in [0.5, 0.6) is 0 Å². The number of nitrogens with zero attached hydrogens (tertiary/aromatic N) is 1. The van der Waals surface area contributed by atoms with E-state index in [0.29, 0.717) is 10.5 Å². The van der Waals surface area contributed by atoms with Gasteiger partial charge in [0.2, 0.25) is 0 Å². The number of hydrogen-bond acceptors (Lipinski definition) is 7. The number of aromatic amines is 1. The molecule has 198 valence electrons. The summed E-state index contributed by atoms with van der Waals surface area (Å²) in [5.74, 6) is -0.800. The molecule has 2 amide bonds. The second-order valence-electron chi connectivity index (χ2n) is 11.1. The highest BCUT2D eigenvalue weighted by Crippen LogP contribution is 2.28. The molecule has 2 N–H and O–H groups in total. The molecule has 0 aliphatic heterocycles. The van der Waals surface area contributed by atoms with Crippen LogP contribution in [0.25, 0.3) is 17.0 Å². The van der Waals surface area contributed by atoms with E-state index in [-0.39, 0.29) is 6.42 Å². The molecule has 0 radical (unpaired) electrons. The smallest absolute Gasteiger partial charge is 0.420 e. The molecule has 9 heteroatoms. The third-order valence-corrected chi connectivity index (χ3v) is 4.87. The van der Waals surface area contributed by atoms with Crippen LogP contribution < -0.4 is 0 Å². The summed E-state index contributed by atoms with van der Waals surface area (Å²) in [6.07, 6.45) is 3.06. The molecular weight excluding hydrogens is 464 g/mol. The van der Waals surface area contributed by atoms with Crippen molar-refractivity contribution < 1.29 is 33.7 Å². The van der Waals surface area contributed by atoms with Gasteiger partial charge in [-0.1, -0.05) is 24.3 Å². The molecule has 0 spiro atoms. The minimum absolute atomic E-state index is 0.0570. The second-order valence-corrected chi connectivity index (χ2v) is 11.1. The Morgan fingerprint density at radius 2 is 1.56 bits per heavy atom. The largest absolute Gasteiger partial charge is 0.467 e. The maximum absolute atomic E-state index is 13.2. The molecule has 0 fully saturated rings. The van der Waals surface area contributed by atoms with Crippen molar-refractivity contribution in [1.82, 2.24) is 9.88 Å². The number of ether oxygens (including phenoxy) is 3. The van der Waals surface area contributed by atoms with Gasteiger partial charge in [0, 0.05) is 23.5 Å². The first-order chi connectivity index (χ1) is 16.4. The topological polar surface area (TPSA) is 118 Å². The van der Waals surface area contributed by atoms with E-state index >= 15 is 0 Å². The molecule has 2 aromatic rings. The molecule has 9 nitrogen and oxygen atoms in total. The van der Waals surface area contributed by atoms with Crippen LogP contribution in [-0.4, -0.2) is 63.1 Å². The van der Waals surface area contributed by atoms with E-state index < -0.39 is 41.0 Å². The predicted octanol–water partition coefficient (Wildman–Crippen LogP) is 5.21. The number of fused-ring (bicyclic) bond motifs is 1. The maximum atomic E-state index is 13.2. The lowest BCUT2D eigenvalue weighted by atomic mass is 9.99. The fourth-order valence-electron chi connectivity index (χ4n) is 3.46. The van der Waals surface area contributed by atoms with Gasteiger partial charge in [-0.25, -0.2) is 14.4 Å². The van der Waals surface area contributed by atoms with E-state index in [1.54, 1.807) is 73.7 Å². The molecule has 0 saturated carbocycles. The van der Waals surface area contributed by atoms with Gasteiger partial charge in [0.05, 0.1) is 12.7 Å². The Balaban J connectivity index is 2.61. The Kier molecular flexibility index (Phi) is 8.62. The number of nitrogens with one attached hydrogen (secondary N) is 1. The molecular formula is C27H38N2O7. The second kappa shape index (κ2) is 10.7. The third-order valence-electron chi connectivity index (χ3n) is 4.87. The summed E-state index contributed by atoms with van der Waals surface area (Å²) in [4.78, 5) is 43.1. The van der Waals surface area contributed by atoms with Gasteiger partial charge in [-0.3, -0.25) is 0 Å². The molecule has 36 heavy (non-hydrogen) atoms. The minimum Gasteiger partial charge on any atom is -0.467 e. The van der Waals surface area contributed by atoms with E-state index in [4.69, 9.17) is 14.2 Å². The van der Waals surface area contributed by atoms with Crippen molar-refractivity contribution in [1.29, 1.82) is 0 Å². The number of aliphatic hydroxyl groups is 1. The van der Waals surface area contributed by atoms with E-state index in [1.165, 1.54) is 7.11 Å². The first-order valence-electron chi connectivity index (χ1n) is 11.8. The fraction of sp³-hybridized carbons (Fsp3) is 0.519. The molecule has 0 bridgehead atoms. The third kappa shape index (κ3) is 8.12. The maximum Gasteiger partial charge on any atom is 0.420 e. The Labute approximate surface area is 212 Å². The van der Waals surface area contributed by atoms with Crippen LogP contribution in [0.3, 0.4) is 0 Å². The van der Waals surface area contributed by atoms with Gasteiger partial charge in [0.15, 0.2) is 0 Å². The summed E-state index contributed by atoms with van der Waals surface area (Å²) < 4.78 is 15.9. The van der Waals surface area contributed by atoms with Crippen molar-refractivity contribution in [3.8, 4) is 0 Å². The molecule has 1 atom stereocenters. The zero-order valence-electron chi connectivity index (χ0n) is 22.6. The Morgan fingerprint density at radius 1 is 1.00 bits per heavy atom. The summed E-state index contributed by atoms with van der Waals surface area (Å²) in [7, 11) is 1.18. The van der Waals surface area contributed by atoms with Gasteiger partial charge in [-0.15, -0.1) is 0 Å². The number of esters is 1. The molecule has 0 unspecified atom stereocenters. The van der Waals surface area contributed by atoms with Gasteiger partial charge in [-0.05, 0) is 72.6 Å². The fourth-order valence-corrected chi connectivity index (χ4v) is 3.46. The van der Waals surface area contributed by atoms with Gasteiger partial charge in [-0.2, -0.15) is 4.90 Å². The number of amides is 2. The lowest BCUT2D eigenvalue weighted by molar-refractivity contribution is -0.146. The highest BCUT2D eigenvalue weighted by molar-refractivity contribution is 5.96. The van der Waals surface area contributed by atoms with Crippen molar-refractivity contribution in [3.63, 3.8) is 0 Å². The van der Waals surface area contributed by atoms with Gasteiger partial charge in [0.25, 0.3) is 0 Å². The van der Waals surface area contributed by atoms with E-state index in [9.17, 15) is 19.5 Å². The standard InChI is InChI=1S/C27H38N2O7/c1-25(2,3)35-23(31)29(24(32)36-26(4,5)6)20(22(30)34-9)15-18-16-28-19-12-10-11-17(21(18)19)13-14-27(7,8)33/h10-14,16,20,28,33H,15H2,1-9H3/b14-13+/t20-/m0/s1. The van der Waals surface area contributed by atoms with Crippen molar-refractivity contribution in [2.75, 3.05) is 7.11 Å². The molecule has 0 aliphatic carbocycles. The zero-order chi connectivity index (χ0) is 27.5. The summed E-state index contributed by atoms with van der Waals surface area (Å²) in [5.41, 5.74) is -0.643. The molecule has 0 saturated heterocycles. The molecule has 2 rings (SSSR count). The van der Waals surface area contributed by atoms with Crippen LogP contribution in [0.4, 0.5) is 9.59 Å². The van der Waals surface area contributed by atoms with Crippen molar-refractivity contribution in [2.24, 2.45) is 0 Å². The molecule has 1 aromatic heterocycles. The monoisotopic (exact) mass is 502 g/mol. The number of aromatic nitrogens is 1. The first kappa shape index (κ1) is 28.9. The predicted molar refractivity (Wildman–Crippen MR) is 137 cm³/mol. The summed E-state index contributed by atoms with van der Waals surface area (Å²) in [6.45, 7) is 13.3. The first-order valence-corrected chi connectivity index (χ1v) is 11.8. The number of carbonyl (C=O) groups is 3. The number of imide groups is 1. The lowest BCUT2D eigenvalue weighted by Gasteiger charge is -2.32. The van der Waals surface area contributed by atoms with Crippen LogP contribution in [0.15, 0.2) is 30.5 Å². The number of H-pyrrole nitrogens is 1. The number of methoxy groups -OCH3 is 1. The van der Waals surface area contributed by atoms with Crippen molar-refractivity contribution in [3.05, 3.63) is 41.6 Å². The number of carbonyl (C=O) groups excluding carboxylic acids is 3. The lowest BCUT2D eigenvalue weighted by Crippen LogP contribution is -2.53. The SMILES string of the molecule is COC(=O)[C@H](Cc1c[nH]c2cccc(/C=C/C(C)(C)O)c12)N(C(=O)OC(C)(C)C)C(=O)OC(C)(C)C. The van der Waals surface area contributed by atoms with E-state index in [2.05, 4.69) is 4.98 Å². The van der Waals surface area contributed by atoms with Crippen LogP contribution >= 0.6 is 0 Å². The van der Waals surface area contributed by atoms with Crippen LogP contribution in [0, 0.1) is 0 Å². The summed E-state index contributed by atoms with van der Waals surface area (Å²) >= 11 is 0. The minimum atomic E-state index is -1.36. The van der Waals surface area contributed by atoms with E-state index in [0.717, 1.165) is 16.5 Å². The average molecular weight is 503 g/mol. The average Bonchev–Trinajstić information content (AvgIpc) is 3.11. The Bertz CT molecular complexity index is 1100. The highest BCUT2D eigenvalue weighted by Gasteiger charge is 2.41. The summed E-state index contributed by atoms with van der Waals surface area (Å²) in [6, 6.07) is 4.24. The van der Waals surface area contributed by atoms with Gasteiger partial charge >= 0.3 is 18.2 Å². The van der Waals surface area contributed by atoms with Gasteiger partial charge < -0.3 is 24.3 Å². The number of rotatable bonds is 6. The van der Waals surface area contributed by atoms with E-state index in [1.807, 2.05) is 18.2 Å². The van der Waals surface area contributed by atoms with Crippen molar-refractivity contribution in [2.45, 2.75) is 84.7 Å². The number of benzene rings is 1. The highest BCUT2D eigenvalue weighted by atomic mass is 16.6. The molecule has 1 heterocycles. The quantitative estimate of drug-likeness (QED) is 0.411. The molecule has 1 aromatic carbocycles. The Morgan fingerprint density at radius 3 is 2.03 bits per heavy atom. The van der Waals surface area contributed by atoms with Crippen molar-refractivity contribution >= 4 is 35.1 Å². The Hall–Kier alpha value is -3.33. The van der Waals surface area contributed by atoms with Crippen LogP contribution in [0.1, 0.15) is 66.5 Å². The van der Waals surface area contributed by atoms with Crippen LogP contribution in [-0.2, 0) is 25.4 Å². The van der Waals surface area contributed by atoms with Gasteiger partial charge in [0.1, 0.15) is 17.2 Å². The zero-order valence-corrected chi connectivity index (χ0v) is 22.6. The van der Waals surface area contributed by atoms with Crippen LogP contribution in [0.2, 0.25) is 0 Å². The summed E-state index contributed by atoms with van der Waals surface area (Å²) in [5, 5.41) is 10.9.